The van der Waals surface area contributed by atoms with Gasteiger partial charge in [0.2, 0.25) is 5.91 Å². The van der Waals surface area contributed by atoms with E-state index in [4.69, 9.17) is 5.73 Å². The minimum Gasteiger partial charge on any atom is -0.325 e. The summed E-state index contributed by atoms with van der Waals surface area (Å²) in [6.45, 7) is 3.99. The normalized spacial score (nSPS) is 18.6. The van der Waals surface area contributed by atoms with Gasteiger partial charge >= 0.3 is 0 Å². The van der Waals surface area contributed by atoms with E-state index in [-0.39, 0.29) is 17.9 Å². The van der Waals surface area contributed by atoms with Crippen LogP contribution < -0.4 is 11.1 Å². The van der Waals surface area contributed by atoms with Crippen LogP contribution in [0.4, 0.5) is 5.69 Å². The first kappa shape index (κ1) is 12.9. The molecule has 3 rings (SSSR count). The third-order valence-corrected chi connectivity index (χ3v) is 4.08. The Morgan fingerprint density at radius 2 is 1.95 bits per heavy atom. The van der Waals surface area contributed by atoms with Crippen molar-refractivity contribution >= 4 is 11.6 Å². The molecule has 2 atom stereocenters. The van der Waals surface area contributed by atoms with Crippen LogP contribution in [0.25, 0.3) is 0 Å². The molecule has 1 amide bonds. The zero-order valence-electron chi connectivity index (χ0n) is 11.7. The van der Waals surface area contributed by atoms with Gasteiger partial charge in [-0.25, -0.2) is 0 Å². The van der Waals surface area contributed by atoms with E-state index in [9.17, 15) is 4.79 Å². The molecule has 2 aromatic rings. The lowest BCUT2D eigenvalue weighted by atomic mass is 9.92. The monoisotopic (exact) mass is 266 g/mol. The fourth-order valence-electron chi connectivity index (χ4n) is 2.74. The second-order valence-corrected chi connectivity index (χ2v) is 5.39. The minimum absolute atomic E-state index is 0.0570. The molecule has 0 bridgehead atoms. The van der Waals surface area contributed by atoms with E-state index in [2.05, 4.69) is 30.4 Å². The van der Waals surface area contributed by atoms with Crippen molar-refractivity contribution in [1.29, 1.82) is 0 Å². The molecular weight excluding hydrogens is 248 g/mol. The number of hydrogen-bond donors (Lipinski definition) is 2. The molecule has 1 aliphatic heterocycles. The standard InChI is InChI=1S/C17H18N2O/c1-10-5-3-4-6-13(10)16(18)12-7-8-15-14(9-12)11(2)17(20)19-15/h3-9,11,16H,18H2,1-2H3,(H,19,20). The summed E-state index contributed by atoms with van der Waals surface area (Å²) in [5, 5.41) is 2.88. The molecule has 0 fully saturated rings. The highest BCUT2D eigenvalue weighted by molar-refractivity contribution is 6.02. The quantitative estimate of drug-likeness (QED) is 0.877. The molecule has 1 aliphatic rings. The smallest absolute Gasteiger partial charge is 0.231 e. The fourth-order valence-corrected chi connectivity index (χ4v) is 2.74. The average Bonchev–Trinajstić information content (AvgIpc) is 2.74. The van der Waals surface area contributed by atoms with Gasteiger partial charge in [0.1, 0.15) is 0 Å². The summed E-state index contributed by atoms with van der Waals surface area (Å²) in [7, 11) is 0. The second kappa shape index (κ2) is 4.76. The number of carbonyl (C=O) groups excluding carboxylic acids is 1. The molecule has 0 aliphatic carbocycles. The van der Waals surface area contributed by atoms with Gasteiger partial charge in [0.15, 0.2) is 0 Å². The average molecular weight is 266 g/mol. The van der Waals surface area contributed by atoms with E-state index in [1.807, 2.05) is 31.2 Å². The molecule has 0 saturated heterocycles. The van der Waals surface area contributed by atoms with Crippen LogP contribution in [-0.2, 0) is 4.79 Å². The maximum absolute atomic E-state index is 11.7. The number of aryl methyl sites for hydroxylation is 1. The molecule has 2 aromatic carbocycles. The molecule has 2 unspecified atom stereocenters. The van der Waals surface area contributed by atoms with Crippen LogP contribution in [0.2, 0.25) is 0 Å². The van der Waals surface area contributed by atoms with Gasteiger partial charge in [0, 0.05) is 5.69 Å². The van der Waals surface area contributed by atoms with Crippen LogP contribution in [0.5, 0.6) is 0 Å². The summed E-state index contributed by atoms with van der Waals surface area (Å²) in [6.07, 6.45) is 0. The Labute approximate surface area is 118 Å². The molecule has 1 heterocycles. The molecule has 3 nitrogen and oxygen atoms in total. The molecule has 20 heavy (non-hydrogen) atoms. The first-order valence-corrected chi connectivity index (χ1v) is 6.83. The number of hydrogen-bond acceptors (Lipinski definition) is 2. The first-order valence-electron chi connectivity index (χ1n) is 6.83. The number of nitrogens with one attached hydrogen (secondary N) is 1. The van der Waals surface area contributed by atoms with Crippen LogP contribution in [0.1, 0.15) is 41.1 Å². The maximum Gasteiger partial charge on any atom is 0.231 e. The largest absolute Gasteiger partial charge is 0.325 e. The zero-order chi connectivity index (χ0) is 14.3. The van der Waals surface area contributed by atoms with Gasteiger partial charge in [0.25, 0.3) is 0 Å². The van der Waals surface area contributed by atoms with Crippen molar-refractivity contribution in [3.05, 3.63) is 64.7 Å². The maximum atomic E-state index is 11.7. The summed E-state index contributed by atoms with van der Waals surface area (Å²) < 4.78 is 0. The number of nitrogens with two attached hydrogens (primary N) is 1. The van der Waals surface area contributed by atoms with Crippen molar-refractivity contribution in [2.45, 2.75) is 25.8 Å². The Morgan fingerprint density at radius 3 is 2.70 bits per heavy atom. The summed E-state index contributed by atoms with van der Waals surface area (Å²) in [5.41, 5.74) is 11.7. The van der Waals surface area contributed by atoms with E-state index >= 15 is 0 Å². The Morgan fingerprint density at radius 1 is 1.20 bits per heavy atom. The van der Waals surface area contributed by atoms with Crippen molar-refractivity contribution in [1.82, 2.24) is 0 Å². The lowest BCUT2D eigenvalue weighted by Gasteiger charge is -2.16. The number of benzene rings is 2. The van der Waals surface area contributed by atoms with Gasteiger partial charge in [-0.15, -0.1) is 0 Å². The number of amides is 1. The predicted molar refractivity (Wildman–Crippen MR) is 80.7 cm³/mol. The summed E-state index contributed by atoms with van der Waals surface area (Å²) in [4.78, 5) is 11.7. The van der Waals surface area contributed by atoms with Crippen LogP contribution in [0.3, 0.4) is 0 Å². The predicted octanol–water partition coefficient (Wildman–Crippen LogP) is 3.10. The summed E-state index contributed by atoms with van der Waals surface area (Å²) in [5.74, 6) is -0.0457. The van der Waals surface area contributed by atoms with Gasteiger partial charge < -0.3 is 11.1 Å². The molecule has 0 radical (unpaired) electrons. The van der Waals surface area contributed by atoms with Crippen molar-refractivity contribution in [3.8, 4) is 0 Å². The van der Waals surface area contributed by atoms with E-state index in [1.165, 1.54) is 5.56 Å². The number of rotatable bonds is 2. The first-order chi connectivity index (χ1) is 9.58. The van der Waals surface area contributed by atoms with E-state index < -0.39 is 0 Å². The molecule has 3 heteroatoms. The van der Waals surface area contributed by atoms with Gasteiger partial charge in [-0.1, -0.05) is 36.4 Å². The van der Waals surface area contributed by atoms with Gasteiger partial charge in [0.05, 0.1) is 12.0 Å². The van der Waals surface area contributed by atoms with Crippen molar-refractivity contribution in [2.24, 2.45) is 5.73 Å². The van der Waals surface area contributed by atoms with E-state index in [0.717, 1.165) is 22.4 Å². The van der Waals surface area contributed by atoms with Crippen molar-refractivity contribution in [2.75, 3.05) is 5.32 Å². The van der Waals surface area contributed by atoms with Gasteiger partial charge in [-0.2, -0.15) is 0 Å². The van der Waals surface area contributed by atoms with Gasteiger partial charge in [-0.3, -0.25) is 4.79 Å². The highest BCUT2D eigenvalue weighted by Crippen LogP contribution is 2.35. The highest BCUT2D eigenvalue weighted by atomic mass is 16.2. The molecule has 102 valence electrons. The summed E-state index contributed by atoms with van der Waals surface area (Å²) >= 11 is 0. The third-order valence-electron chi connectivity index (χ3n) is 4.08. The van der Waals surface area contributed by atoms with Gasteiger partial charge in [-0.05, 0) is 42.2 Å². The van der Waals surface area contributed by atoms with Crippen LogP contribution in [0, 0.1) is 6.92 Å². The van der Waals surface area contributed by atoms with E-state index in [0.29, 0.717) is 0 Å². The number of fused-ring (bicyclic) bond motifs is 1. The second-order valence-electron chi connectivity index (χ2n) is 5.39. The molecule has 0 saturated carbocycles. The lowest BCUT2D eigenvalue weighted by Crippen LogP contribution is -2.13. The van der Waals surface area contributed by atoms with Crippen molar-refractivity contribution in [3.63, 3.8) is 0 Å². The Balaban J connectivity index is 2.00. The lowest BCUT2D eigenvalue weighted by molar-refractivity contribution is -0.116. The Kier molecular flexibility index (Phi) is 3.07. The molecule has 3 N–H and O–H groups in total. The minimum atomic E-state index is -0.163. The molecule has 0 aromatic heterocycles. The van der Waals surface area contributed by atoms with Crippen LogP contribution in [-0.4, -0.2) is 5.91 Å². The third kappa shape index (κ3) is 2.00. The number of carbonyl (C=O) groups is 1. The Hall–Kier alpha value is -2.13. The Bertz CT molecular complexity index is 678. The summed E-state index contributed by atoms with van der Waals surface area (Å²) in [6, 6.07) is 14.0. The fraction of sp³-hybridized carbons (Fsp3) is 0.235. The van der Waals surface area contributed by atoms with Crippen LogP contribution in [0.15, 0.2) is 42.5 Å². The SMILES string of the molecule is Cc1ccccc1C(N)c1ccc2c(c1)C(C)C(=O)N2. The zero-order valence-corrected chi connectivity index (χ0v) is 11.7. The molecular formula is C17H18N2O. The van der Waals surface area contributed by atoms with Crippen molar-refractivity contribution < 1.29 is 4.79 Å². The highest BCUT2D eigenvalue weighted by Gasteiger charge is 2.27. The topological polar surface area (TPSA) is 55.1 Å². The number of anilines is 1. The van der Waals surface area contributed by atoms with Crippen LogP contribution >= 0.6 is 0 Å². The van der Waals surface area contributed by atoms with E-state index in [1.54, 1.807) is 0 Å². The molecule has 0 spiro atoms.